The van der Waals surface area contributed by atoms with Crippen molar-refractivity contribution in [3.63, 3.8) is 0 Å². The Morgan fingerprint density at radius 1 is 1.08 bits per heavy atom. The molecule has 1 heterocycles. The summed E-state index contributed by atoms with van der Waals surface area (Å²) in [4.78, 5) is 26.2. The molecule has 0 unspecified atom stereocenters. The maximum Gasteiger partial charge on any atom is 0.335 e. The Balaban J connectivity index is 1.23. The molecular weight excluding hydrogens is 526 g/mol. The van der Waals surface area contributed by atoms with E-state index in [-0.39, 0.29) is 65.2 Å². The number of Topliss-reactive ketones (excluding diaryl/α,β-unsaturated/α-hetero) is 1. The van der Waals surface area contributed by atoms with Crippen LogP contribution in [0.2, 0.25) is 5.02 Å². The maximum absolute atomic E-state index is 15.7. The number of aromatic carboxylic acids is 1. The molecule has 0 aromatic heterocycles. The highest BCUT2D eigenvalue weighted by molar-refractivity contribution is 6.32. The molecule has 0 atom stereocenters. The van der Waals surface area contributed by atoms with Gasteiger partial charge < -0.3 is 20.5 Å². The lowest BCUT2D eigenvalue weighted by Crippen LogP contribution is -2.44. The fourth-order valence-electron chi connectivity index (χ4n) is 4.99. The molecule has 0 radical (unpaired) electrons. The summed E-state index contributed by atoms with van der Waals surface area (Å²) in [5.74, 6) is -1.99. The third-order valence-corrected chi connectivity index (χ3v) is 7.82. The summed E-state index contributed by atoms with van der Waals surface area (Å²) in [6, 6.07) is 14.9. The van der Waals surface area contributed by atoms with Gasteiger partial charge in [0, 0.05) is 43.1 Å². The monoisotopic (exact) mass is 554 g/mol. The largest absolute Gasteiger partial charge is 0.478 e. The van der Waals surface area contributed by atoms with Crippen molar-refractivity contribution in [3.8, 4) is 0 Å². The highest BCUT2D eigenvalue weighted by Gasteiger charge is 2.37. The van der Waals surface area contributed by atoms with Crippen LogP contribution < -0.4 is 10.6 Å². The maximum atomic E-state index is 15.7. The van der Waals surface area contributed by atoms with E-state index in [1.807, 2.05) is 18.2 Å². The quantitative estimate of drug-likeness (QED) is 0.315. The minimum atomic E-state index is -1.58. The Kier molecular flexibility index (Phi) is 7.60. The van der Waals surface area contributed by atoms with Crippen molar-refractivity contribution in [2.75, 3.05) is 31.2 Å². The van der Waals surface area contributed by atoms with Crippen molar-refractivity contribution in [1.82, 2.24) is 0 Å². The van der Waals surface area contributed by atoms with Crippen LogP contribution in [0.5, 0.6) is 0 Å². The first kappa shape index (κ1) is 27.1. The Hall–Kier alpha value is -3.49. The number of carboxylic acids is 1. The molecule has 5 rings (SSSR count). The van der Waals surface area contributed by atoms with Crippen LogP contribution in [0.1, 0.15) is 41.6 Å². The summed E-state index contributed by atoms with van der Waals surface area (Å²) in [6.45, 7) is 0.505. The number of carbonyl (C=O) groups is 2. The van der Waals surface area contributed by atoms with Crippen molar-refractivity contribution in [2.45, 2.75) is 31.4 Å². The number of carbonyl (C=O) groups excluding carboxylic acids is 1. The first-order chi connectivity index (χ1) is 18.6. The number of ether oxygens (including phenoxy) is 1. The predicted octanol–water partition coefficient (Wildman–Crippen LogP) is 6.00. The number of anilines is 1. The van der Waals surface area contributed by atoms with E-state index in [2.05, 4.69) is 4.90 Å². The van der Waals surface area contributed by atoms with E-state index in [4.69, 9.17) is 22.1 Å². The average Bonchev–Trinajstić information content (AvgIpc) is 3.76. The van der Waals surface area contributed by atoms with Gasteiger partial charge in [-0.15, -0.1) is 0 Å². The Bertz CT molecular complexity index is 1440. The molecule has 0 bridgehead atoms. The number of fused-ring (bicyclic) bond motifs is 1. The van der Waals surface area contributed by atoms with Crippen molar-refractivity contribution in [2.24, 2.45) is 11.7 Å². The topological polar surface area (TPSA) is 92.9 Å². The highest BCUT2D eigenvalue weighted by Crippen LogP contribution is 2.36. The van der Waals surface area contributed by atoms with Gasteiger partial charge in [0.25, 0.3) is 0 Å². The summed E-state index contributed by atoms with van der Waals surface area (Å²) in [6.07, 6.45) is 1.93. The molecule has 2 fully saturated rings. The number of alkyl halides is 1. The van der Waals surface area contributed by atoms with Gasteiger partial charge in [-0.3, -0.25) is 4.79 Å². The van der Waals surface area contributed by atoms with Gasteiger partial charge in [-0.1, -0.05) is 29.8 Å². The van der Waals surface area contributed by atoms with Gasteiger partial charge in [0.05, 0.1) is 35.1 Å². The Morgan fingerprint density at radius 2 is 1.77 bits per heavy atom. The van der Waals surface area contributed by atoms with E-state index in [0.29, 0.717) is 13.1 Å². The molecular formula is C30H29ClF2N2O4. The number of ketones is 1. The van der Waals surface area contributed by atoms with Crippen LogP contribution in [-0.4, -0.2) is 48.8 Å². The van der Waals surface area contributed by atoms with Crippen molar-refractivity contribution in [1.29, 1.82) is 0 Å². The Labute approximate surface area is 230 Å². The molecule has 6 nitrogen and oxygen atoms in total. The molecule has 1 saturated carbocycles. The lowest BCUT2D eigenvalue weighted by Gasteiger charge is -2.37. The molecule has 1 aliphatic carbocycles. The molecule has 0 spiro atoms. The number of halogens is 3. The van der Waals surface area contributed by atoms with Crippen molar-refractivity contribution >= 4 is 45.5 Å². The fourth-order valence-corrected chi connectivity index (χ4v) is 5.25. The first-order valence-corrected chi connectivity index (χ1v) is 13.3. The Morgan fingerprint density at radius 3 is 2.44 bits per heavy atom. The summed E-state index contributed by atoms with van der Waals surface area (Å²) >= 11 is 6.17. The standard InChI is InChI=1S/C30H29ClF2N2O4/c31-24-2-1-3-25(32)26(24)27(34)23(28(36)18-4-5-18)16-39-17-30(33)10-12-35(13-11-30)22-9-8-19-14-21(29(37)38)7-6-20(19)15-22/h1-3,6-9,14-15,18H,4-5,10-13,16-17,34H2,(H,37,38). The molecule has 204 valence electrons. The fraction of sp³-hybridized carbons (Fsp3) is 0.333. The normalized spacial score (nSPS) is 17.7. The molecule has 9 heteroatoms. The number of rotatable bonds is 9. The summed E-state index contributed by atoms with van der Waals surface area (Å²) < 4.78 is 35.9. The second-order valence-electron chi connectivity index (χ2n) is 10.3. The first-order valence-electron chi connectivity index (χ1n) is 12.9. The smallest absolute Gasteiger partial charge is 0.335 e. The number of hydrogen-bond donors (Lipinski definition) is 2. The zero-order valence-corrected chi connectivity index (χ0v) is 22.0. The van der Waals surface area contributed by atoms with Gasteiger partial charge in [0.15, 0.2) is 5.78 Å². The SMILES string of the molecule is NC(=C(COCC1(F)CCN(c2ccc3cc(C(=O)O)ccc3c2)CC1)C(=O)C1CC1)c1c(F)cccc1Cl. The number of nitrogens with zero attached hydrogens (tertiary/aromatic N) is 1. The van der Waals surface area contributed by atoms with Gasteiger partial charge in [-0.05, 0) is 60.0 Å². The van der Waals surface area contributed by atoms with E-state index >= 15 is 4.39 Å². The molecule has 3 N–H and O–H groups in total. The van der Waals surface area contributed by atoms with E-state index in [1.165, 1.54) is 18.2 Å². The molecule has 3 aromatic rings. The lowest BCUT2D eigenvalue weighted by atomic mass is 9.93. The number of carboxylic acid groups (broad SMARTS) is 1. The van der Waals surface area contributed by atoms with Crippen LogP contribution in [0.4, 0.5) is 14.5 Å². The third-order valence-electron chi connectivity index (χ3n) is 7.51. The number of benzene rings is 3. The van der Waals surface area contributed by atoms with Crippen molar-refractivity contribution in [3.05, 3.63) is 82.1 Å². The van der Waals surface area contributed by atoms with E-state index in [0.717, 1.165) is 29.3 Å². The van der Waals surface area contributed by atoms with Crippen LogP contribution in [0.25, 0.3) is 16.5 Å². The zero-order chi connectivity index (χ0) is 27.7. The predicted molar refractivity (Wildman–Crippen MR) is 147 cm³/mol. The third kappa shape index (κ3) is 5.92. The van der Waals surface area contributed by atoms with Gasteiger partial charge >= 0.3 is 5.97 Å². The van der Waals surface area contributed by atoms with Crippen LogP contribution in [0.15, 0.2) is 60.2 Å². The van der Waals surface area contributed by atoms with Crippen molar-refractivity contribution < 1.29 is 28.2 Å². The second-order valence-corrected chi connectivity index (χ2v) is 10.7. The number of nitrogens with two attached hydrogens (primary N) is 1. The van der Waals surface area contributed by atoms with Crippen LogP contribution in [-0.2, 0) is 9.53 Å². The molecule has 0 amide bonds. The van der Waals surface area contributed by atoms with Gasteiger partial charge in [0.2, 0.25) is 0 Å². The van der Waals surface area contributed by atoms with E-state index in [9.17, 15) is 19.1 Å². The highest BCUT2D eigenvalue weighted by atomic mass is 35.5. The van der Waals surface area contributed by atoms with E-state index < -0.39 is 17.5 Å². The zero-order valence-electron chi connectivity index (χ0n) is 21.3. The number of piperidine rings is 1. The lowest BCUT2D eigenvalue weighted by molar-refractivity contribution is -0.117. The summed E-state index contributed by atoms with van der Waals surface area (Å²) in [5, 5.41) is 11.0. The van der Waals surface area contributed by atoms with E-state index in [1.54, 1.807) is 18.2 Å². The minimum absolute atomic E-state index is 0.0374. The summed E-state index contributed by atoms with van der Waals surface area (Å²) in [5.41, 5.74) is 5.84. The number of hydrogen-bond acceptors (Lipinski definition) is 5. The van der Waals surface area contributed by atoms with Gasteiger partial charge in [-0.25, -0.2) is 13.6 Å². The molecule has 3 aromatic carbocycles. The van der Waals surface area contributed by atoms with Gasteiger partial charge in [-0.2, -0.15) is 0 Å². The van der Waals surface area contributed by atoms with Crippen LogP contribution >= 0.6 is 11.6 Å². The minimum Gasteiger partial charge on any atom is -0.478 e. The molecule has 1 saturated heterocycles. The van der Waals surface area contributed by atoms with Crippen LogP contribution in [0.3, 0.4) is 0 Å². The average molecular weight is 555 g/mol. The molecule has 2 aliphatic rings. The summed E-state index contributed by atoms with van der Waals surface area (Å²) in [7, 11) is 0. The second kappa shape index (κ2) is 10.9. The van der Waals surface area contributed by atoms with Crippen LogP contribution in [0, 0.1) is 11.7 Å². The molecule has 39 heavy (non-hydrogen) atoms. The van der Waals surface area contributed by atoms with Gasteiger partial charge in [0.1, 0.15) is 11.5 Å². The molecule has 1 aliphatic heterocycles.